The van der Waals surface area contributed by atoms with Crippen molar-refractivity contribution in [3.8, 4) is 11.5 Å². The molecular formula is C30H24O3. The zero-order valence-electron chi connectivity index (χ0n) is 18.5. The van der Waals surface area contributed by atoms with Crippen molar-refractivity contribution in [3.63, 3.8) is 0 Å². The number of allylic oxidation sites excluding steroid dienone is 2. The van der Waals surface area contributed by atoms with Crippen molar-refractivity contribution in [2.45, 2.75) is 24.9 Å². The van der Waals surface area contributed by atoms with Crippen molar-refractivity contribution < 1.29 is 14.3 Å². The third-order valence-corrected chi connectivity index (χ3v) is 7.01. The van der Waals surface area contributed by atoms with Gasteiger partial charge in [-0.05, 0) is 70.1 Å². The van der Waals surface area contributed by atoms with Crippen LogP contribution in [0.15, 0.2) is 91.0 Å². The van der Waals surface area contributed by atoms with Gasteiger partial charge in [0.2, 0.25) is 0 Å². The molecule has 0 aliphatic heterocycles. The van der Waals surface area contributed by atoms with E-state index in [4.69, 9.17) is 9.47 Å². The molecule has 3 heteroatoms. The Bertz CT molecular complexity index is 1370. The monoisotopic (exact) mass is 432 g/mol. The molecule has 162 valence electrons. The summed E-state index contributed by atoms with van der Waals surface area (Å²) >= 11 is 0. The molecule has 0 radical (unpaired) electrons. The Labute approximate surface area is 193 Å². The number of rotatable bonds is 4. The minimum Gasteiger partial charge on any atom is -0.497 e. The van der Waals surface area contributed by atoms with E-state index in [0.29, 0.717) is 17.9 Å². The van der Waals surface area contributed by atoms with Gasteiger partial charge >= 0.3 is 0 Å². The van der Waals surface area contributed by atoms with Crippen LogP contribution in [-0.2, 0) is 24.9 Å². The van der Waals surface area contributed by atoms with Gasteiger partial charge in [-0.2, -0.15) is 0 Å². The summed E-state index contributed by atoms with van der Waals surface area (Å²) in [5.74, 6) is 1.47. The lowest BCUT2D eigenvalue weighted by Crippen LogP contribution is -2.36. The van der Waals surface area contributed by atoms with Crippen molar-refractivity contribution >= 4 is 16.6 Å². The SMILES string of the molecule is COc1ccc(COc2cccc3c2C(=O)C=CC32Cc3cccc4cccc(c34)C2)cc1. The molecule has 0 bridgehead atoms. The normalized spacial score (nSPS) is 15.5. The molecule has 6 rings (SSSR count). The summed E-state index contributed by atoms with van der Waals surface area (Å²) in [7, 11) is 1.65. The van der Waals surface area contributed by atoms with Crippen LogP contribution < -0.4 is 9.47 Å². The van der Waals surface area contributed by atoms with Crippen LogP contribution in [0.3, 0.4) is 0 Å². The van der Waals surface area contributed by atoms with E-state index in [9.17, 15) is 4.79 Å². The molecule has 4 aromatic carbocycles. The molecule has 33 heavy (non-hydrogen) atoms. The van der Waals surface area contributed by atoms with E-state index in [1.165, 1.54) is 21.9 Å². The van der Waals surface area contributed by atoms with E-state index in [0.717, 1.165) is 29.7 Å². The topological polar surface area (TPSA) is 35.5 Å². The van der Waals surface area contributed by atoms with Gasteiger partial charge < -0.3 is 9.47 Å². The number of fused-ring (bicyclic) bond motifs is 2. The summed E-state index contributed by atoms with van der Waals surface area (Å²) in [6, 6.07) is 26.9. The molecule has 2 aliphatic carbocycles. The summed E-state index contributed by atoms with van der Waals surface area (Å²) in [5.41, 5.74) is 5.22. The van der Waals surface area contributed by atoms with Crippen LogP contribution >= 0.6 is 0 Å². The number of ketones is 1. The van der Waals surface area contributed by atoms with Gasteiger partial charge in [0, 0.05) is 5.41 Å². The fraction of sp³-hybridized carbons (Fsp3) is 0.167. The Hall–Kier alpha value is -3.85. The van der Waals surface area contributed by atoms with Crippen LogP contribution in [0.1, 0.15) is 32.6 Å². The fourth-order valence-electron chi connectivity index (χ4n) is 5.46. The summed E-state index contributed by atoms with van der Waals surface area (Å²) in [5, 5.41) is 2.65. The van der Waals surface area contributed by atoms with Crippen molar-refractivity contribution in [2.75, 3.05) is 7.11 Å². The second-order valence-electron chi connectivity index (χ2n) is 8.96. The second-order valence-corrected chi connectivity index (χ2v) is 8.96. The molecule has 0 atom stereocenters. The van der Waals surface area contributed by atoms with Crippen LogP contribution in [0, 0.1) is 0 Å². The molecule has 0 aromatic heterocycles. The first kappa shape index (κ1) is 19.8. The van der Waals surface area contributed by atoms with Crippen LogP contribution in [0.25, 0.3) is 10.8 Å². The van der Waals surface area contributed by atoms with E-state index in [1.54, 1.807) is 13.2 Å². The first-order chi connectivity index (χ1) is 16.2. The molecule has 4 aromatic rings. The highest BCUT2D eigenvalue weighted by molar-refractivity contribution is 6.09. The smallest absolute Gasteiger partial charge is 0.189 e. The maximum atomic E-state index is 13.1. The largest absolute Gasteiger partial charge is 0.497 e. The Kier molecular flexibility index (Phi) is 4.58. The molecule has 3 nitrogen and oxygen atoms in total. The zero-order valence-corrected chi connectivity index (χ0v) is 18.5. The Morgan fingerprint density at radius 3 is 2.24 bits per heavy atom. The summed E-state index contributed by atoms with van der Waals surface area (Å²) in [6.45, 7) is 0.395. The molecule has 0 fully saturated rings. The average molecular weight is 433 g/mol. The van der Waals surface area contributed by atoms with Gasteiger partial charge in [0.15, 0.2) is 5.78 Å². The number of hydrogen-bond donors (Lipinski definition) is 0. The lowest BCUT2D eigenvalue weighted by molar-refractivity contribution is 0.103. The third kappa shape index (κ3) is 3.23. The number of methoxy groups -OCH3 is 1. The molecule has 0 saturated carbocycles. The lowest BCUT2D eigenvalue weighted by atomic mass is 9.63. The van der Waals surface area contributed by atoms with E-state index in [2.05, 4.69) is 48.5 Å². The number of carbonyl (C=O) groups excluding carboxylic acids is 1. The molecule has 1 spiro atoms. The number of hydrogen-bond acceptors (Lipinski definition) is 3. The van der Waals surface area contributed by atoms with Gasteiger partial charge in [-0.15, -0.1) is 0 Å². The van der Waals surface area contributed by atoms with Crippen LogP contribution in [0.2, 0.25) is 0 Å². The Morgan fingerprint density at radius 2 is 1.55 bits per heavy atom. The van der Waals surface area contributed by atoms with Crippen LogP contribution in [0.5, 0.6) is 11.5 Å². The third-order valence-electron chi connectivity index (χ3n) is 7.01. The predicted molar refractivity (Wildman–Crippen MR) is 130 cm³/mol. The number of benzene rings is 4. The molecule has 0 N–H and O–H groups in total. The minimum atomic E-state index is -0.245. The molecular weight excluding hydrogens is 408 g/mol. The van der Waals surface area contributed by atoms with E-state index in [1.807, 2.05) is 36.4 Å². The predicted octanol–water partition coefficient (Wildman–Crippen LogP) is 6.22. The van der Waals surface area contributed by atoms with Gasteiger partial charge in [0.1, 0.15) is 18.1 Å². The first-order valence-corrected chi connectivity index (χ1v) is 11.3. The summed E-state index contributed by atoms with van der Waals surface area (Å²) in [4.78, 5) is 13.1. The van der Waals surface area contributed by atoms with E-state index >= 15 is 0 Å². The quantitative estimate of drug-likeness (QED) is 0.384. The van der Waals surface area contributed by atoms with E-state index in [-0.39, 0.29) is 11.2 Å². The summed E-state index contributed by atoms with van der Waals surface area (Å²) < 4.78 is 11.4. The molecule has 0 saturated heterocycles. The van der Waals surface area contributed by atoms with Crippen LogP contribution in [-0.4, -0.2) is 12.9 Å². The van der Waals surface area contributed by atoms with Gasteiger partial charge in [-0.25, -0.2) is 0 Å². The maximum absolute atomic E-state index is 13.1. The highest BCUT2D eigenvalue weighted by atomic mass is 16.5. The van der Waals surface area contributed by atoms with Crippen molar-refractivity contribution in [3.05, 3.63) is 119 Å². The molecule has 0 heterocycles. The zero-order chi connectivity index (χ0) is 22.4. The molecule has 2 aliphatic rings. The Balaban J connectivity index is 1.39. The van der Waals surface area contributed by atoms with Gasteiger partial charge in [0.05, 0.1) is 12.7 Å². The minimum absolute atomic E-state index is 0.0121. The molecule has 0 amide bonds. The highest BCUT2D eigenvalue weighted by Gasteiger charge is 2.40. The molecule has 0 unspecified atom stereocenters. The van der Waals surface area contributed by atoms with Gasteiger partial charge in [-0.1, -0.05) is 66.7 Å². The van der Waals surface area contributed by atoms with Crippen molar-refractivity contribution in [2.24, 2.45) is 0 Å². The van der Waals surface area contributed by atoms with Crippen molar-refractivity contribution in [1.82, 2.24) is 0 Å². The highest BCUT2D eigenvalue weighted by Crippen LogP contribution is 2.46. The fourth-order valence-corrected chi connectivity index (χ4v) is 5.46. The van der Waals surface area contributed by atoms with Gasteiger partial charge in [0.25, 0.3) is 0 Å². The standard InChI is InChI=1S/C30H24O3/c1-32-24-13-11-20(12-14-24)19-33-27-10-4-9-25-29(27)26(31)15-16-30(25)17-22-7-2-5-21-6-3-8-23(18-30)28(21)22/h2-16H,17-19H2,1H3. The number of carbonyl (C=O) groups is 1. The van der Waals surface area contributed by atoms with Crippen LogP contribution in [0.4, 0.5) is 0 Å². The van der Waals surface area contributed by atoms with Gasteiger partial charge in [-0.3, -0.25) is 4.79 Å². The average Bonchev–Trinajstić information content (AvgIpc) is 2.86. The second kappa shape index (κ2) is 7.63. The lowest BCUT2D eigenvalue weighted by Gasteiger charge is -2.39. The van der Waals surface area contributed by atoms with E-state index < -0.39 is 0 Å². The maximum Gasteiger partial charge on any atom is 0.189 e. The first-order valence-electron chi connectivity index (χ1n) is 11.3. The number of ether oxygens (including phenoxy) is 2. The van der Waals surface area contributed by atoms with Crippen molar-refractivity contribution in [1.29, 1.82) is 0 Å². The summed E-state index contributed by atoms with van der Waals surface area (Å²) in [6.07, 6.45) is 5.62. The Morgan fingerprint density at radius 1 is 0.848 bits per heavy atom.